The average molecular weight is 357 g/mol. The second kappa shape index (κ2) is 6.49. The summed E-state index contributed by atoms with van der Waals surface area (Å²) in [4.78, 5) is 28.4. The molecule has 2 aliphatic heterocycles. The molecule has 0 aliphatic carbocycles. The van der Waals surface area contributed by atoms with Crippen LogP contribution in [-0.4, -0.2) is 34.8 Å². The van der Waals surface area contributed by atoms with Gasteiger partial charge in [-0.15, -0.1) is 0 Å². The molecular formula is C15H15N7O2S. The van der Waals surface area contributed by atoms with Crippen LogP contribution in [0.1, 0.15) is 22.5 Å². The van der Waals surface area contributed by atoms with Crippen molar-refractivity contribution in [2.75, 3.05) is 11.9 Å². The Bertz CT molecular complexity index is 888. The van der Waals surface area contributed by atoms with Gasteiger partial charge < -0.3 is 27.5 Å². The lowest BCUT2D eigenvalue weighted by atomic mass is 10.0. The number of primary amides is 1. The highest BCUT2D eigenvalue weighted by atomic mass is 32.2. The largest absolute Gasteiger partial charge is 0.366 e. The van der Waals surface area contributed by atoms with Crippen molar-refractivity contribution in [3.63, 3.8) is 0 Å². The molecule has 3 rings (SSSR count). The summed E-state index contributed by atoms with van der Waals surface area (Å²) < 4.78 is 0. The number of hydrogen-bond donors (Lipinski definition) is 6. The molecule has 0 saturated heterocycles. The van der Waals surface area contributed by atoms with E-state index in [4.69, 9.17) is 22.3 Å². The van der Waals surface area contributed by atoms with E-state index in [0.717, 1.165) is 0 Å². The van der Waals surface area contributed by atoms with Crippen molar-refractivity contribution >= 4 is 40.7 Å². The molecule has 0 atom stereocenters. The van der Waals surface area contributed by atoms with E-state index in [1.807, 2.05) is 0 Å². The molecule has 0 unspecified atom stereocenters. The highest BCUT2D eigenvalue weighted by Crippen LogP contribution is 2.35. The molecule has 0 fully saturated rings. The molecule has 0 radical (unpaired) electrons. The van der Waals surface area contributed by atoms with Crippen LogP contribution in [0.5, 0.6) is 0 Å². The van der Waals surface area contributed by atoms with Crippen molar-refractivity contribution in [1.29, 1.82) is 10.8 Å². The van der Waals surface area contributed by atoms with Crippen molar-refractivity contribution in [2.24, 2.45) is 11.5 Å². The van der Waals surface area contributed by atoms with Crippen LogP contribution in [0.15, 0.2) is 34.0 Å². The minimum absolute atomic E-state index is 0.0650. The zero-order valence-electron chi connectivity index (χ0n) is 13.0. The van der Waals surface area contributed by atoms with Gasteiger partial charge in [-0.2, -0.15) is 0 Å². The first-order valence-corrected chi connectivity index (χ1v) is 8.11. The first kappa shape index (κ1) is 16.9. The standard InChI is InChI=1S/C15H15N7O2S/c16-2-1-7(17)9-5-21-15(25-9)10-11(18)12-8(22-14(10)24)3-6(4-20-12)13(19)23/h3-5,17-18,21H,1-2,16H2,(H2,19,23)(H,22,24)/b15-10-,17-7?,18-11?. The molecule has 2 amide bonds. The van der Waals surface area contributed by atoms with Crippen LogP contribution in [0.3, 0.4) is 0 Å². The number of pyridine rings is 1. The van der Waals surface area contributed by atoms with Crippen LogP contribution in [0.25, 0.3) is 0 Å². The third kappa shape index (κ3) is 3.04. The Labute approximate surface area is 147 Å². The summed E-state index contributed by atoms with van der Waals surface area (Å²) in [6.45, 7) is 0.360. The van der Waals surface area contributed by atoms with Gasteiger partial charge in [0.1, 0.15) is 5.69 Å². The van der Waals surface area contributed by atoms with E-state index in [-0.39, 0.29) is 28.2 Å². The molecule has 128 valence electrons. The van der Waals surface area contributed by atoms with Gasteiger partial charge in [-0.25, -0.2) is 0 Å². The minimum Gasteiger partial charge on any atom is -0.366 e. The van der Waals surface area contributed by atoms with Crippen LogP contribution in [0.2, 0.25) is 0 Å². The summed E-state index contributed by atoms with van der Waals surface area (Å²) in [5, 5.41) is 22.2. The number of nitrogens with zero attached hydrogens (tertiary/aromatic N) is 1. The molecular weight excluding hydrogens is 342 g/mol. The molecule has 0 bridgehead atoms. The molecule has 8 N–H and O–H groups in total. The zero-order chi connectivity index (χ0) is 18.1. The van der Waals surface area contributed by atoms with Crippen molar-refractivity contribution < 1.29 is 9.59 Å². The molecule has 1 aromatic heterocycles. The second-order valence-corrected chi connectivity index (χ2v) is 6.34. The Hall–Kier alpha value is -2.98. The van der Waals surface area contributed by atoms with Crippen LogP contribution in [-0.2, 0) is 4.79 Å². The number of hydrogen-bond acceptors (Lipinski definition) is 8. The Morgan fingerprint density at radius 2 is 2.16 bits per heavy atom. The fraction of sp³-hybridized carbons (Fsp3) is 0.133. The quantitative estimate of drug-likeness (QED) is 0.333. The van der Waals surface area contributed by atoms with Gasteiger partial charge >= 0.3 is 0 Å². The topological polar surface area (TPSA) is 171 Å². The lowest BCUT2D eigenvalue weighted by Crippen LogP contribution is -2.31. The third-order valence-electron chi connectivity index (χ3n) is 3.60. The first-order valence-electron chi connectivity index (χ1n) is 7.29. The van der Waals surface area contributed by atoms with Gasteiger partial charge in [0, 0.05) is 24.5 Å². The van der Waals surface area contributed by atoms with E-state index in [9.17, 15) is 9.59 Å². The van der Waals surface area contributed by atoms with Crippen molar-refractivity contribution in [3.05, 3.63) is 45.2 Å². The van der Waals surface area contributed by atoms with E-state index in [1.165, 1.54) is 24.0 Å². The number of nitrogens with two attached hydrogens (primary N) is 2. The molecule has 0 saturated carbocycles. The van der Waals surface area contributed by atoms with Gasteiger partial charge in [0.25, 0.3) is 5.91 Å². The molecule has 9 nitrogen and oxygen atoms in total. The number of fused-ring (bicyclic) bond motifs is 1. The zero-order valence-corrected chi connectivity index (χ0v) is 13.8. The van der Waals surface area contributed by atoms with Crippen molar-refractivity contribution in [3.8, 4) is 0 Å². The third-order valence-corrected chi connectivity index (χ3v) is 4.71. The number of allylic oxidation sites excluding steroid dienone is 1. The van der Waals surface area contributed by atoms with E-state index in [1.54, 1.807) is 6.20 Å². The van der Waals surface area contributed by atoms with Gasteiger partial charge in [0.15, 0.2) is 0 Å². The Morgan fingerprint density at radius 3 is 2.84 bits per heavy atom. The van der Waals surface area contributed by atoms with Gasteiger partial charge in [-0.3, -0.25) is 20.0 Å². The van der Waals surface area contributed by atoms with Crippen molar-refractivity contribution in [2.45, 2.75) is 6.42 Å². The molecule has 0 aromatic carbocycles. The number of amides is 2. The first-order chi connectivity index (χ1) is 11.9. The van der Waals surface area contributed by atoms with Crippen LogP contribution < -0.4 is 22.1 Å². The SMILES string of the molecule is N=C(CCN)C1=CN/C(=C2\C(=N)c3ncc(C(N)=O)cc3NC2=O)S1. The lowest BCUT2D eigenvalue weighted by molar-refractivity contribution is -0.112. The molecule has 25 heavy (non-hydrogen) atoms. The minimum atomic E-state index is -0.666. The summed E-state index contributed by atoms with van der Waals surface area (Å²) >= 11 is 1.20. The monoisotopic (exact) mass is 357 g/mol. The van der Waals surface area contributed by atoms with Gasteiger partial charge in [0.05, 0.1) is 32.5 Å². The molecule has 2 aliphatic rings. The smallest absolute Gasteiger partial charge is 0.260 e. The summed E-state index contributed by atoms with van der Waals surface area (Å²) in [7, 11) is 0. The van der Waals surface area contributed by atoms with E-state index in [0.29, 0.717) is 28.6 Å². The number of rotatable bonds is 4. The van der Waals surface area contributed by atoms with E-state index < -0.39 is 11.8 Å². The fourth-order valence-corrected chi connectivity index (χ4v) is 3.34. The Balaban J connectivity index is 1.93. The Morgan fingerprint density at radius 1 is 1.40 bits per heavy atom. The van der Waals surface area contributed by atoms with Crippen LogP contribution >= 0.6 is 11.8 Å². The highest BCUT2D eigenvalue weighted by molar-refractivity contribution is 8.07. The van der Waals surface area contributed by atoms with Crippen LogP contribution in [0.4, 0.5) is 5.69 Å². The molecule has 3 heterocycles. The maximum atomic E-state index is 12.4. The maximum absolute atomic E-state index is 12.4. The number of aromatic nitrogens is 1. The van der Waals surface area contributed by atoms with E-state index in [2.05, 4.69) is 15.6 Å². The second-order valence-electron chi connectivity index (χ2n) is 5.29. The highest BCUT2D eigenvalue weighted by Gasteiger charge is 2.32. The fourth-order valence-electron chi connectivity index (χ4n) is 2.37. The van der Waals surface area contributed by atoms with Crippen molar-refractivity contribution in [1.82, 2.24) is 10.3 Å². The number of thioether (sulfide) groups is 1. The van der Waals surface area contributed by atoms with Gasteiger partial charge in [-0.05, 0) is 12.6 Å². The molecule has 1 aromatic rings. The number of carbonyl (C=O) groups excluding carboxylic acids is 2. The average Bonchev–Trinajstić information content (AvgIpc) is 3.04. The molecule has 10 heteroatoms. The normalized spacial score (nSPS) is 19.0. The summed E-state index contributed by atoms with van der Waals surface area (Å²) in [6.07, 6.45) is 3.31. The predicted octanol–water partition coefficient (Wildman–Crippen LogP) is 0.258. The van der Waals surface area contributed by atoms with Crippen LogP contribution in [0, 0.1) is 10.8 Å². The summed E-state index contributed by atoms with van der Waals surface area (Å²) in [6, 6.07) is 1.40. The number of carbonyl (C=O) groups is 2. The Kier molecular flexibility index (Phi) is 4.38. The van der Waals surface area contributed by atoms with Gasteiger partial charge in [-0.1, -0.05) is 11.8 Å². The maximum Gasteiger partial charge on any atom is 0.260 e. The predicted molar refractivity (Wildman–Crippen MR) is 95.4 cm³/mol. The van der Waals surface area contributed by atoms with E-state index >= 15 is 0 Å². The summed E-state index contributed by atoms with van der Waals surface area (Å²) in [5.41, 5.74) is 11.8. The lowest BCUT2D eigenvalue weighted by Gasteiger charge is -2.21. The van der Waals surface area contributed by atoms with Gasteiger partial charge in [0.2, 0.25) is 5.91 Å². The summed E-state index contributed by atoms with van der Waals surface area (Å²) in [5.74, 6) is -1.16. The molecule has 0 spiro atoms. The number of nitrogens with one attached hydrogen (secondary N) is 4. The number of anilines is 1.